The molecule has 4 aliphatic heterocycles. The molecule has 12 rings (SSSR count). The summed E-state index contributed by atoms with van der Waals surface area (Å²) in [6, 6.07) is 77.0. The molecule has 0 unspecified atom stereocenters. The molecule has 0 radical (unpaired) electrons. The van der Waals surface area contributed by atoms with Gasteiger partial charge in [0, 0.05) is 19.3 Å². The lowest BCUT2D eigenvalue weighted by molar-refractivity contribution is -0.397. The molecule has 4 fully saturated rings. The van der Waals surface area contributed by atoms with Crippen molar-refractivity contribution in [2.45, 2.75) is 221 Å². The Labute approximate surface area is 686 Å². The number of benzene rings is 8. The first-order valence-electron chi connectivity index (χ1n) is 38.8. The van der Waals surface area contributed by atoms with Crippen molar-refractivity contribution in [2.24, 2.45) is 5.92 Å². The lowest BCUT2D eigenvalue weighted by Crippen LogP contribution is -2.68. The molecule has 8 aromatic rings. The maximum absolute atomic E-state index is 15.2. The molecule has 8 aromatic carbocycles. The Kier molecular flexibility index (Phi) is 32.7. The largest absolute Gasteiger partial charge is 0.454 e. The van der Waals surface area contributed by atoms with Crippen LogP contribution in [0.25, 0.3) is 0 Å². The van der Waals surface area contributed by atoms with Crippen LogP contribution in [0.15, 0.2) is 243 Å². The molecule has 20 atom stereocenters. The summed E-state index contributed by atoms with van der Waals surface area (Å²) in [6.07, 6.45) is -24.8. The van der Waals surface area contributed by atoms with Crippen LogP contribution >= 0.6 is 34.8 Å². The minimum absolute atomic E-state index is 0.000475. The van der Waals surface area contributed by atoms with Crippen LogP contribution in [0.3, 0.4) is 0 Å². The van der Waals surface area contributed by atoms with Gasteiger partial charge in [-0.05, 0) is 72.2 Å². The first kappa shape index (κ1) is 86.5. The molecular formula is C90H100Cl3NO21. The van der Waals surface area contributed by atoms with Gasteiger partial charge in [-0.15, -0.1) is 0 Å². The molecule has 0 saturated carbocycles. The normalized spacial score (nSPS) is 27.6. The van der Waals surface area contributed by atoms with Crippen molar-refractivity contribution in [1.82, 2.24) is 0 Å². The van der Waals surface area contributed by atoms with Crippen LogP contribution in [-0.4, -0.2) is 157 Å². The van der Waals surface area contributed by atoms with Gasteiger partial charge in [0.05, 0.1) is 96.9 Å². The standard InChI is InChI=1S/C90H100Cl3NO21/c1-58(95)46-47-73(97)111-84-81(114-86-82(105-55-70-44-28-13-29-45-70)79(104-54-69-42-26-12-27-43-69)78(103-53-68-40-24-11-25-41-68)72(110-86)57-99-49-64-32-16-7-17-33-64)76(102-52-67-38-22-10-23-39-67)60(3)107-87(84)112-77-71(56-98-48-63-30-14-6-15-31-63)74(100-50-65-34-18-8-19-35-65)59(2)106-85(77)113-80-75(101-51-66-36-20-9-21-37-66)61(4)108-88(83(80)109-62(5)96)115-89(94)90(91,92)93/h6-45,59-61,71-72,74-88,94H,46-57H2,1-5H3/t59-,60-,61-,71+,72-,74-,75-,76-,77+,78-,79+,80+,81+,82+,83+,84+,85-,86-,87-,88-/m0/s1. The Morgan fingerprint density at radius 3 is 1.03 bits per heavy atom. The highest BCUT2D eigenvalue weighted by Gasteiger charge is 2.59. The highest BCUT2D eigenvalue weighted by atomic mass is 35.6. The van der Waals surface area contributed by atoms with Crippen molar-refractivity contribution in [3.8, 4) is 0 Å². The van der Waals surface area contributed by atoms with Gasteiger partial charge in [-0.1, -0.05) is 277 Å². The summed E-state index contributed by atoms with van der Waals surface area (Å²) >= 11 is 18.9. The number of hydrogen-bond acceptors (Lipinski definition) is 22. The predicted octanol–water partition coefficient (Wildman–Crippen LogP) is 15.2. The number of esters is 2. The second kappa shape index (κ2) is 43.5. The molecule has 0 aromatic heterocycles. The Morgan fingerprint density at radius 2 is 0.643 bits per heavy atom. The molecule has 0 amide bonds. The second-order valence-corrected chi connectivity index (χ2v) is 31.2. The Morgan fingerprint density at radius 1 is 0.330 bits per heavy atom. The van der Waals surface area contributed by atoms with E-state index in [4.69, 9.17) is 125 Å². The van der Waals surface area contributed by atoms with Crippen LogP contribution in [-0.2, 0) is 153 Å². The molecule has 0 aliphatic carbocycles. The van der Waals surface area contributed by atoms with Gasteiger partial charge >= 0.3 is 11.9 Å². The van der Waals surface area contributed by atoms with E-state index in [2.05, 4.69) is 0 Å². The number of hydrogen-bond donors (Lipinski definition) is 1. The first-order valence-corrected chi connectivity index (χ1v) is 39.9. The molecule has 4 saturated heterocycles. The van der Waals surface area contributed by atoms with Gasteiger partial charge in [0.1, 0.15) is 60.7 Å². The summed E-state index contributed by atoms with van der Waals surface area (Å²) in [6.45, 7) is 8.39. The Bertz CT molecular complexity index is 4210. The van der Waals surface area contributed by atoms with E-state index in [1.165, 1.54) is 13.8 Å². The van der Waals surface area contributed by atoms with Crippen LogP contribution in [0, 0.1) is 11.3 Å². The van der Waals surface area contributed by atoms with Gasteiger partial charge in [-0.25, -0.2) is 0 Å². The quantitative estimate of drug-likeness (QED) is 0.0164. The van der Waals surface area contributed by atoms with Gasteiger partial charge in [-0.3, -0.25) is 15.0 Å². The van der Waals surface area contributed by atoms with E-state index in [1.54, 1.807) is 13.8 Å². The molecular weight excluding hydrogens is 1540 g/mol. The van der Waals surface area contributed by atoms with E-state index in [0.29, 0.717) is 0 Å². The Hall–Kier alpha value is -7.89. The average molecular weight is 1640 g/mol. The third-order valence-corrected chi connectivity index (χ3v) is 20.6. The zero-order valence-electron chi connectivity index (χ0n) is 64.8. The van der Waals surface area contributed by atoms with E-state index in [9.17, 15) is 9.59 Å². The van der Waals surface area contributed by atoms with Crippen LogP contribution in [0.5, 0.6) is 0 Å². The zero-order valence-corrected chi connectivity index (χ0v) is 67.1. The molecule has 0 bridgehead atoms. The van der Waals surface area contributed by atoms with Gasteiger partial charge in [0.25, 0.3) is 3.79 Å². The number of halogens is 3. The Balaban J connectivity index is 1.01. The lowest BCUT2D eigenvalue weighted by Gasteiger charge is -2.52. The predicted molar refractivity (Wildman–Crippen MR) is 427 cm³/mol. The maximum Gasteiger partial charge on any atom is 0.306 e. The highest BCUT2D eigenvalue weighted by Crippen LogP contribution is 2.43. The van der Waals surface area contributed by atoms with Crippen LogP contribution in [0.4, 0.5) is 0 Å². The van der Waals surface area contributed by atoms with Crippen molar-refractivity contribution in [2.75, 3.05) is 13.2 Å². The van der Waals surface area contributed by atoms with E-state index >= 15 is 4.79 Å². The highest BCUT2D eigenvalue weighted by molar-refractivity contribution is 6.76. The van der Waals surface area contributed by atoms with E-state index < -0.39 is 144 Å². The number of carbonyl (C=O) groups is 3. The lowest BCUT2D eigenvalue weighted by atomic mass is 9.88. The molecule has 0 spiro atoms. The van der Waals surface area contributed by atoms with Gasteiger partial charge < -0.3 is 90.1 Å². The van der Waals surface area contributed by atoms with Crippen molar-refractivity contribution in [3.05, 3.63) is 287 Å². The fourth-order valence-corrected chi connectivity index (χ4v) is 14.5. The average Bonchev–Trinajstić information content (AvgIpc) is 0.762. The van der Waals surface area contributed by atoms with Crippen molar-refractivity contribution in [1.29, 1.82) is 5.41 Å². The van der Waals surface area contributed by atoms with Gasteiger partial charge in [-0.2, -0.15) is 0 Å². The van der Waals surface area contributed by atoms with E-state index in [-0.39, 0.29) is 84.7 Å². The number of carbonyl (C=O) groups excluding carboxylic acids is 3. The zero-order chi connectivity index (χ0) is 80.5. The summed E-state index contributed by atoms with van der Waals surface area (Å²) in [5.41, 5.74) is 6.71. The summed E-state index contributed by atoms with van der Waals surface area (Å²) in [5.74, 6) is -3.69. The topological polar surface area (TPSA) is 241 Å². The van der Waals surface area contributed by atoms with Crippen molar-refractivity contribution in [3.63, 3.8) is 0 Å². The number of ketones is 1. The molecule has 22 nitrogen and oxygen atoms in total. The SMILES string of the molecule is CC(=O)CCC(=O)O[C@H]1[C@H](O[C@H]2[C@H](O[C@@H]3[C@@H](OCc4ccccc4)[C@H](C)O[C@@H](OC(=N)C(Cl)(Cl)Cl)[C@@H]3OC(C)=O)O[C@@H](C)[C@H](OCc3ccccc3)[C@H]2COCc2ccccc2)O[C@@H](C)[C@H](OCc2ccccc2)[C@H]1O[C@@H]1O[C@@H](COCc2ccccc2)[C@H](OCc2ccccc2)[C@@H](OCc2ccccc2)[C@H]1OCc1ccccc1. The summed E-state index contributed by atoms with van der Waals surface area (Å²) in [7, 11) is 0. The van der Waals surface area contributed by atoms with Crippen molar-refractivity contribution < 1.29 is 99.6 Å². The minimum atomic E-state index is -2.40. The van der Waals surface area contributed by atoms with Crippen LogP contribution < -0.4 is 0 Å². The fraction of sp³-hybridized carbons (Fsp3) is 0.422. The minimum Gasteiger partial charge on any atom is -0.454 e. The number of rotatable bonds is 38. The van der Waals surface area contributed by atoms with E-state index in [0.717, 1.165) is 44.5 Å². The number of alkyl halides is 3. The number of Topliss-reactive ketones (excluding diaryl/α,β-unsaturated/α-hetero) is 1. The fourth-order valence-electron chi connectivity index (χ4n) is 14.4. The molecule has 115 heavy (non-hydrogen) atoms. The third kappa shape index (κ3) is 25.3. The van der Waals surface area contributed by atoms with Crippen molar-refractivity contribution >= 4 is 58.4 Å². The molecule has 1 N–H and O–H groups in total. The third-order valence-electron chi connectivity index (χ3n) is 20.1. The molecule has 4 aliphatic rings. The van der Waals surface area contributed by atoms with E-state index in [1.807, 2.05) is 250 Å². The molecule has 612 valence electrons. The van der Waals surface area contributed by atoms with Crippen LogP contribution in [0.1, 0.15) is 92.0 Å². The van der Waals surface area contributed by atoms with Gasteiger partial charge in [0.15, 0.2) is 31.1 Å². The second-order valence-electron chi connectivity index (χ2n) is 28.9. The van der Waals surface area contributed by atoms with Crippen LogP contribution in [0.2, 0.25) is 0 Å². The first-order chi connectivity index (χ1) is 55.9. The molecule has 4 heterocycles. The monoisotopic (exact) mass is 1640 g/mol. The summed E-state index contributed by atoms with van der Waals surface area (Å²) in [5, 5.41) is 8.82. The summed E-state index contributed by atoms with van der Waals surface area (Å²) < 4.78 is 124. The maximum atomic E-state index is 15.2. The van der Waals surface area contributed by atoms with Gasteiger partial charge in [0.2, 0.25) is 12.2 Å². The number of ether oxygens (including phenoxy) is 18. The summed E-state index contributed by atoms with van der Waals surface area (Å²) in [4.78, 5) is 41.9. The molecule has 25 heteroatoms. The smallest absolute Gasteiger partial charge is 0.306 e. The number of nitrogens with one attached hydrogen (secondary N) is 1.